The van der Waals surface area contributed by atoms with Gasteiger partial charge in [0.05, 0.1) is 17.8 Å². The first kappa shape index (κ1) is 14.0. The Balaban J connectivity index is 2.16. The van der Waals surface area contributed by atoms with Crippen LogP contribution in [0.3, 0.4) is 0 Å². The Kier molecular flexibility index (Phi) is 3.99. The van der Waals surface area contributed by atoms with Crippen molar-refractivity contribution in [1.82, 2.24) is 14.8 Å². The van der Waals surface area contributed by atoms with E-state index in [1.165, 1.54) is 12.1 Å². The van der Waals surface area contributed by atoms with Crippen LogP contribution in [0.1, 0.15) is 37.0 Å². The third kappa shape index (κ3) is 2.77. The molecule has 0 aliphatic carbocycles. The van der Waals surface area contributed by atoms with Crippen LogP contribution in [0.2, 0.25) is 0 Å². The molecule has 5 nitrogen and oxygen atoms in total. The molecule has 2 rings (SSSR count). The summed E-state index contributed by atoms with van der Waals surface area (Å²) in [7, 11) is 1.90. The van der Waals surface area contributed by atoms with E-state index in [1.807, 2.05) is 17.7 Å². The summed E-state index contributed by atoms with van der Waals surface area (Å²) in [5, 5.41) is 20.3. The second-order valence-corrected chi connectivity index (χ2v) is 4.84. The highest BCUT2D eigenvalue weighted by molar-refractivity contribution is 5.57. The van der Waals surface area contributed by atoms with Crippen molar-refractivity contribution in [2.45, 2.75) is 26.3 Å². The fraction of sp³-hybridized carbons (Fsp3) is 0.357. The van der Waals surface area contributed by atoms with Crippen molar-refractivity contribution < 1.29 is 4.39 Å². The number of rotatable bonds is 4. The Labute approximate surface area is 117 Å². The van der Waals surface area contributed by atoms with Gasteiger partial charge in [0, 0.05) is 13.0 Å². The number of nitrogens with one attached hydrogen (secondary N) is 1. The molecule has 6 heteroatoms. The third-order valence-corrected chi connectivity index (χ3v) is 3.05. The lowest BCUT2D eigenvalue weighted by Gasteiger charge is -2.09. The smallest absolute Gasteiger partial charge is 0.152 e. The van der Waals surface area contributed by atoms with Gasteiger partial charge in [-0.15, -0.1) is 10.2 Å². The molecule has 0 spiro atoms. The van der Waals surface area contributed by atoms with Crippen molar-refractivity contribution in [3.05, 3.63) is 41.2 Å². The molecule has 0 unspecified atom stereocenters. The van der Waals surface area contributed by atoms with Gasteiger partial charge in [0.2, 0.25) is 0 Å². The first-order valence-electron chi connectivity index (χ1n) is 6.34. The number of aromatic nitrogens is 3. The molecule has 20 heavy (non-hydrogen) atoms. The van der Waals surface area contributed by atoms with E-state index in [9.17, 15) is 4.39 Å². The van der Waals surface area contributed by atoms with Gasteiger partial charge in [0.1, 0.15) is 17.7 Å². The summed E-state index contributed by atoms with van der Waals surface area (Å²) in [6.45, 7) is 4.53. The van der Waals surface area contributed by atoms with E-state index in [1.54, 1.807) is 6.07 Å². The van der Waals surface area contributed by atoms with Crippen molar-refractivity contribution in [3.8, 4) is 6.07 Å². The molecule has 0 amide bonds. The van der Waals surface area contributed by atoms with Crippen molar-refractivity contribution in [1.29, 1.82) is 5.26 Å². The predicted octanol–water partition coefficient (Wildman–Crippen LogP) is 2.56. The zero-order valence-electron chi connectivity index (χ0n) is 11.7. The Morgan fingerprint density at radius 2 is 2.15 bits per heavy atom. The summed E-state index contributed by atoms with van der Waals surface area (Å²) in [6, 6.07) is 6.04. The Hall–Kier alpha value is -2.42. The van der Waals surface area contributed by atoms with Crippen LogP contribution in [-0.4, -0.2) is 14.8 Å². The van der Waals surface area contributed by atoms with Crippen LogP contribution in [0.25, 0.3) is 0 Å². The van der Waals surface area contributed by atoms with Crippen LogP contribution in [0.15, 0.2) is 18.2 Å². The Morgan fingerprint density at radius 3 is 2.75 bits per heavy atom. The molecule has 0 saturated heterocycles. The molecule has 1 aromatic heterocycles. The highest BCUT2D eigenvalue weighted by Gasteiger charge is 2.12. The fourth-order valence-corrected chi connectivity index (χ4v) is 1.97. The second kappa shape index (κ2) is 5.70. The van der Waals surface area contributed by atoms with Gasteiger partial charge in [-0.2, -0.15) is 5.26 Å². The van der Waals surface area contributed by atoms with Crippen molar-refractivity contribution >= 4 is 5.69 Å². The largest absolute Gasteiger partial charge is 0.377 e. The van der Waals surface area contributed by atoms with E-state index in [-0.39, 0.29) is 5.56 Å². The highest BCUT2D eigenvalue weighted by Crippen LogP contribution is 2.17. The maximum atomic E-state index is 13.0. The summed E-state index contributed by atoms with van der Waals surface area (Å²) < 4.78 is 15.0. The maximum absolute atomic E-state index is 13.0. The molecule has 104 valence electrons. The Morgan fingerprint density at radius 1 is 1.40 bits per heavy atom. The molecule has 0 saturated carbocycles. The number of benzene rings is 1. The van der Waals surface area contributed by atoms with E-state index in [4.69, 9.17) is 5.26 Å². The van der Waals surface area contributed by atoms with Crippen LogP contribution < -0.4 is 5.32 Å². The number of hydrogen-bond donors (Lipinski definition) is 1. The average molecular weight is 273 g/mol. The molecular weight excluding hydrogens is 257 g/mol. The zero-order valence-corrected chi connectivity index (χ0v) is 11.7. The number of hydrogen-bond acceptors (Lipinski definition) is 4. The number of nitrogens with zero attached hydrogens (tertiary/aromatic N) is 4. The molecule has 1 heterocycles. The molecule has 1 aromatic carbocycles. The molecule has 0 atom stereocenters. The average Bonchev–Trinajstić information content (AvgIpc) is 2.78. The van der Waals surface area contributed by atoms with Crippen LogP contribution in [0, 0.1) is 17.1 Å². The van der Waals surface area contributed by atoms with Crippen LogP contribution in [0.4, 0.5) is 10.1 Å². The van der Waals surface area contributed by atoms with Crippen LogP contribution >= 0.6 is 0 Å². The van der Waals surface area contributed by atoms with Gasteiger partial charge < -0.3 is 9.88 Å². The third-order valence-electron chi connectivity index (χ3n) is 3.05. The standard InChI is InChI=1S/C14H16FN5/c1-9(2)14-19-18-13(20(14)3)8-17-12-5-4-11(15)6-10(12)7-16/h4-6,9,17H,8H2,1-3H3. The summed E-state index contributed by atoms with van der Waals surface area (Å²) in [6.07, 6.45) is 0. The first-order chi connectivity index (χ1) is 9.52. The molecule has 2 aromatic rings. The summed E-state index contributed by atoms with van der Waals surface area (Å²) in [5.41, 5.74) is 0.860. The van der Waals surface area contributed by atoms with Crippen molar-refractivity contribution in [2.75, 3.05) is 5.32 Å². The van der Waals surface area contributed by atoms with Gasteiger partial charge in [0.15, 0.2) is 5.82 Å². The number of anilines is 1. The number of nitriles is 1. The molecule has 0 aliphatic heterocycles. The van der Waals surface area contributed by atoms with Gasteiger partial charge in [0.25, 0.3) is 0 Å². The summed E-state index contributed by atoms with van der Waals surface area (Å²) >= 11 is 0. The quantitative estimate of drug-likeness (QED) is 0.929. The minimum atomic E-state index is -0.423. The highest BCUT2D eigenvalue weighted by atomic mass is 19.1. The lowest BCUT2D eigenvalue weighted by Crippen LogP contribution is -2.09. The van der Waals surface area contributed by atoms with Crippen molar-refractivity contribution in [2.24, 2.45) is 7.05 Å². The van der Waals surface area contributed by atoms with E-state index in [0.29, 0.717) is 18.2 Å². The van der Waals surface area contributed by atoms with Crippen molar-refractivity contribution in [3.63, 3.8) is 0 Å². The lowest BCUT2D eigenvalue weighted by molar-refractivity contribution is 0.627. The van der Waals surface area contributed by atoms with E-state index in [2.05, 4.69) is 29.4 Å². The van der Waals surface area contributed by atoms with Gasteiger partial charge in [-0.25, -0.2) is 4.39 Å². The van der Waals surface area contributed by atoms with Crippen LogP contribution in [-0.2, 0) is 13.6 Å². The first-order valence-corrected chi connectivity index (χ1v) is 6.34. The normalized spacial score (nSPS) is 10.6. The minimum absolute atomic E-state index is 0.274. The molecule has 0 fully saturated rings. The minimum Gasteiger partial charge on any atom is -0.377 e. The van der Waals surface area contributed by atoms with Gasteiger partial charge >= 0.3 is 0 Å². The van der Waals surface area contributed by atoms with Gasteiger partial charge in [-0.05, 0) is 18.2 Å². The molecule has 0 aliphatic rings. The Bertz CT molecular complexity index is 654. The molecule has 0 radical (unpaired) electrons. The fourth-order valence-electron chi connectivity index (χ4n) is 1.97. The molecule has 1 N–H and O–H groups in total. The maximum Gasteiger partial charge on any atom is 0.152 e. The zero-order chi connectivity index (χ0) is 14.7. The SMILES string of the molecule is CC(C)c1nnc(CNc2ccc(F)cc2C#N)n1C. The van der Waals surface area contributed by atoms with E-state index < -0.39 is 5.82 Å². The molecule has 0 bridgehead atoms. The van der Waals surface area contributed by atoms with Crippen LogP contribution in [0.5, 0.6) is 0 Å². The van der Waals surface area contributed by atoms with Gasteiger partial charge in [-0.3, -0.25) is 0 Å². The lowest BCUT2D eigenvalue weighted by atomic mass is 10.2. The number of halogens is 1. The predicted molar refractivity (Wildman–Crippen MR) is 73.5 cm³/mol. The van der Waals surface area contributed by atoms with E-state index >= 15 is 0 Å². The topological polar surface area (TPSA) is 66.5 Å². The monoisotopic (exact) mass is 273 g/mol. The van der Waals surface area contributed by atoms with E-state index in [0.717, 1.165) is 11.6 Å². The molecular formula is C14H16FN5. The van der Waals surface area contributed by atoms with Gasteiger partial charge in [-0.1, -0.05) is 13.8 Å². The second-order valence-electron chi connectivity index (χ2n) is 4.84. The summed E-state index contributed by atoms with van der Waals surface area (Å²) in [5.74, 6) is 1.54. The summed E-state index contributed by atoms with van der Waals surface area (Å²) in [4.78, 5) is 0.